The molecule has 2 unspecified atom stereocenters. The van der Waals surface area contributed by atoms with Gasteiger partial charge in [0.05, 0.1) is 18.8 Å². The number of piperazine rings is 1. The number of ether oxygens (including phenoxy) is 1. The van der Waals surface area contributed by atoms with Crippen molar-refractivity contribution in [1.82, 2.24) is 9.80 Å². The summed E-state index contributed by atoms with van der Waals surface area (Å²) in [5, 5.41) is 9.89. The van der Waals surface area contributed by atoms with Gasteiger partial charge in [-0.2, -0.15) is 0 Å². The van der Waals surface area contributed by atoms with Crippen LogP contribution in [0.25, 0.3) is 0 Å². The Balaban J connectivity index is 2.26. The summed E-state index contributed by atoms with van der Waals surface area (Å²) in [6.45, 7) is 10.6. The molecule has 0 aromatic heterocycles. The molecule has 1 heterocycles. The smallest absolute Gasteiger partial charge is 0.0900 e. The van der Waals surface area contributed by atoms with E-state index < -0.39 is 0 Å². The highest BCUT2D eigenvalue weighted by molar-refractivity contribution is 4.80. The Hall–Kier alpha value is -0.160. The number of aliphatic hydroxyl groups excluding tert-OH is 1. The van der Waals surface area contributed by atoms with Gasteiger partial charge in [-0.25, -0.2) is 0 Å². The van der Waals surface area contributed by atoms with E-state index in [1.807, 2.05) is 13.8 Å². The maximum Gasteiger partial charge on any atom is 0.0900 e. The maximum absolute atomic E-state index is 9.89. The van der Waals surface area contributed by atoms with Crippen LogP contribution < -0.4 is 0 Å². The van der Waals surface area contributed by atoms with Crippen molar-refractivity contribution in [1.29, 1.82) is 0 Å². The molecule has 1 fully saturated rings. The van der Waals surface area contributed by atoms with Crippen LogP contribution in [-0.4, -0.2) is 73.0 Å². The van der Waals surface area contributed by atoms with Gasteiger partial charge in [-0.3, -0.25) is 4.90 Å². The molecule has 1 rings (SSSR count). The summed E-state index contributed by atoms with van der Waals surface area (Å²) in [6.07, 6.45) is 1.00. The summed E-state index contributed by atoms with van der Waals surface area (Å²) in [5.41, 5.74) is 0. The molecule has 1 N–H and O–H groups in total. The minimum absolute atomic E-state index is 0.195. The number of nitrogens with zero attached hydrogens (tertiary/aromatic N) is 2. The molecule has 1 aliphatic rings. The van der Waals surface area contributed by atoms with Gasteiger partial charge < -0.3 is 14.7 Å². The summed E-state index contributed by atoms with van der Waals surface area (Å²) in [7, 11) is 2.18. The number of aliphatic hydroxyl groups is 1. The van der Waals surface area contributed by atoms with Crippen LogP contribution in [-0.2, 0) is 4.74 Å². The van der Waals surface area contributed by atoms with E-state index in [4.69, 9.17) is 4.74 Å². The van der Waals surface area contributed by atoms with E-state index in [1.54, 1.807) is 0 Å². The number of hydrogen-bond donors (Lipinski definition) is 1. The second kappa shape index (κ2) is 7.31. The monoisotopic (exact) mass is 244 g/mol. The summed E-state index contributed by atoms with van der Waals surface area (Å²) in [5.74, 6) is 0. The molecule has 0 amide bonds. The van der Waals surface area contributed by atoms with Gasteiger partial charge in [0, 0.05) is 32.2 Å². The summed E-state index contributed by atoms with van der Waals surface area (Å²) in [4.78, 5) is 4.76. The molecule has 102 valence electrons. The largest absolute Gasteiger partial charge is 0.389 e. The van der Waals surface area contributed by atoms with Crippen LogP contribution >= 0.6 is 0 Å². The first kappa shape index (κ1) is 14.9. The maximum atomic E-state index is 9.89. The fourth-order valence-electron chi connectivity index (χ4n) is 2.27. The molecule has 0 radical (unpaired) electrons. The molecule has 0 saturated carbocycles. The van der Waals surface area contributed by atoms with Gasteiger partial charge in [0.15, 0.2) is 0 Å². The predicted molar refractivity (Wildman–Crippen MR) is 70.2 cm³/mol. The molecule has 1 saturated heterocycles. The highest BCUT2D eigenvalue weighted by Crippen LogP contribution is 2.11. The third-order valence-corrected chi connectivity index (χ3v) is 3.42. The van der Waals surface area contributed by atoms with E-state index in [2.05, 4.69) is 23.8 Å². The predicted octanol–water partition coefficient (Wildman–Crippen LogP) is 0.798. The number of hydrogen-bond acceptors (Lipinski definition) is 4. The van der Waals surface area contributed by atoms with Crippen LogP contribution in [0.4, 0.5) is 0 Å². The van der Waals surface area contributed by atoms with Crippen molar-refractivity contribution in [3.05, 3.63) is 0 Å². The highest BCUT2D eigenvalue weighted by Gasteiger charge is 2.24. The molecule has 0 aliphatic carbocycles. The van der Waals surface area contributed by atoms with Crippen LogP contribution in [0.5, 0.6) is 0 Å². The number of β-amino-alcohol motifs (C(OH)–C–C–N with tert-alkyl or cyclic N) is 1. The third kappa shape index (κ3) is 5.34. The van der Waals surface area contributed by atoms with E-state index in [0.29, 0.717) is 12.6 Å². The first-order valence-corrected chi connectivity index (χ1v) is 6.75. The summed E-state index contributed by atoms with van der Waals surface area (Å²) in [6, 6.07) is 0.627. The van der Waals surface area contributed by atoms with Gasteiger partial charge in [0.25, 0.3) is 0 Å². The van der Waals surface area contributed by atoms with Crippen LogP contribution in [0.1, 0.15) is 27.2 Å². The summed E-state index contributed by atoms with van der Waals surface area (Å²) >= 11 is 0. The summed E-state index contributed by atoms with van der Waals surface area (Å²) < 4.78 is 5.43. The van der Waals surface area contributed by atoms with Gasteiger partial charge in [-0.15, -0.1) is 0 Å². The van der Waals surface area contributed by atoms with Crippen LogP contribution in [0.2, 0.25) is 0 Å². The Kier molecular flexibility index (Phi) is 6.41. The fraction of sp³-hybridized carbons (Fsp3) is 1.00. The SMILES string of the molecule is CCC1CN(CC(O)COC(C)C)CCN1C. The zero-order valence-corrected chi connectivity index (χ0v) is 11.7. The van der Waals surface area contributed by atoms with Crippen molar-refractivity contribution >= 4 is 0 Å². The van der Waals surface area contributed by atoms with E-state index in [-0.39, 0.29) is 12.2 Å². The first-order chi connectivity index (χ1) is 8.02. The van der Waals surface area contributed by atoms with Crippen molar-refractivity contribution in [2.24, 2.45) is 0 Å². The lowest BCUT2D eigenvalue weighted by Crippen LogP contribution is -2.53. The molecular weight excluding hydrogens is 216 g/mol. The lowest BCUT2D eigenvalue weighted by atomic mass is 10.1. The van der Waals surface area contributed by atoms with Gasteiger partial charge in [0.2, 0.25) is 0 Å². The normalized spacial score (nSPS) is 25.4. The molecular formula is C13H28N2O2. The second-order valence-electron chi connectivity index (χ2n) is 5.34. The van der Waals surface area contributed by atoms with E-state index in [1.165, 1.54) is 6.42 Å². The topological polar surface area (TPSA) is 35.9 Å². The Labute approximate surface area is 106 Å². The van der Waals surface area contributed by atoms with Crippen molar-refractivity contribution in [2.75, 3.05) is 39.8 Å². The van der Waals surface area contributed by atoms with Gasteiger partial charge >= 0.3 is 0 Å². The second-order valence-corrected chi connectivity index (χ2v) is 5.34. The Morgan fingerprint density at radius 3 is 2.65 bits per heavy atom. The number of likely N-dealkylation sites (N-methyl/N-ethyl adjacent to an activating group) is 1. The quantitative estimate of drug-likeness (QED) is 0.750. The average Bonchev–Trinajstić information content (AvgIpc) is 2.29. The molecule has 0 bridgehead atoms. The Morgan fingerprint density at radius 2 is 2.06 bits per heavy atom. The highest BCUT2D eigenvalue weighted by atomic mass is 16.5. The molecule has 2 atom stereocenters. The first-order valence-electron chi connectivity index (χ1n) is 6.75. The Bertz CT molecular complexity index is 212. The fourth-order valence-corrected chi connectivity index (χ4v) is 2.27. The van der Waals surface area contributed by atoms with E-state index in [9.17, 15) is 5.11 Å². The van der Waals surface area contributed by atoms with Crippen LogP contribution in [0, 0.1) is 0 Å². The third-order valence-electron chi connectivity index (χ3n) is 3.42. The van der Waals surface area contributed by atoms with Gasteiger partial charge in [0.1, 0.15) is 0 Å². The minimum Gasteiger partial charge on any atom is -0.389 e. The van der Waals surface area contributed by atoms with Crippen molar-refractivity contribution < 1.29 is 9.84 Å². The molecule has 1 aliphatic heterocycles. The molecule has 4 nitrogen and oxygen atoms in total. The van der Waals surface area contributed by atoms with E-state index in [0.717, 1.165) is 26.2 Å². The zero-order chi connectivity index (χ0) is 12.8. The van der Waals surface area contributed by atoms with Crippen molar-refractivity contribution in [2.45, 2.75) is 45.4 Å². The van der Waals surface area contributed by atoms with Crippen LogP contribution in [0.3, 0.4) is 0 Å². The Morgan fingerprint density at radius 1 is 1.35 bits per heavy atom. The van der Waals surface area contributed by atoms with Crippen molar-refractivity contribution in [3.8, 4) is 0 Å². The minimum atomic E-state index is -0.363. The van der Waals surface area contributed by atoms with Gasteiger partial charge in [-0.1, -0.05) is 6.92 Å². The molecule has 17 heavy (non-hydrogen) atoms. The van der Waals surface area contributed by atoms with Gasteiger partial charge in [-0.05, 0) is 27.3 Å². The lowest BCUT2D eigenvalue weighted by Gasteiger charge is -2.39. The standard InChI is InChI=1S/C13H28N2O2/c1-5-12-8-15(7-6-14(12)4)9-13(16)10-17-11(2)3/h11-13,16H,5-10H2,1-4H3. The van der Waals surface area contributed by atoms with Crippen LogP contribution in [0.15, 0.2) is 0 Å². The van der Waals surface area contributed by atoms with E-state index >= 15 is 0 Å². The molecule has 0 spiro atoms. The van der Waals surface area contributed by atoms with Crippen molar-refractivity contribution in [3.63, 3.8) is 0 Å². The number of rotatable bonds is 6. The zero-order valence-electron chi connectivity index (χ0n) is 11.7. The lowest BCUT2D eigenvalue weighted by molar-refractivity contribution is -0.0190. The molecule has 0 aromatic rings. The molecule has 0 aromatic carbocycles. The average molecular weight is 244 g/mol. The molecule has 4 heteroatoms.